The molecule has 6 rings (SSSR count). The standard InChI is InChI=1S/C33H32N10O4/c1-21-7-12-31(38-37-21)42-14-5-6-24(29(42)20-45)35-30-16-26(41(3)18-22-8-10-23(47-4)11-9-22)32-34-17-27(43(32)39-30)33(46)36-25-13-15-40(2)28(25)19-44/h5-12,14,16-17,25H,13,15,18H2,1-4H3,(H,35,39)(H,36,46)/t25-/m1/s1. The zero-order chi connectivity index (χ0) is 33.1. The molecule has 1 atom stereocenters. The molecule has 14 nitrogen and oxygen atoms in total. The van der Waals surface area contributed by atoms with Crippen LogP contribution >= 0.6 is 0 Å². The van der Waals surface area contributed by atoms with Gasteiger partial charge in [0.2, 0.25) is 0 Å². The normalized spacial score (nSPS) is 15.7. The summed E-state index contributed by atoms with van der Waals surface area (Å²) in [5, 5.41) is 19.2. The summed E-state index contributed by atoms with van der Waals surface area (Å²) in [7, 11) is 5.31. The van der Waals surface area contributed by atoms with Crippen molar-refractivity contribution in [2.75, 3.05) is 42.9 Å². The van der Waals surface area contributed by atoms with Crippen LogP contribution in [0, 0.1) is 6.92 Å². The first-order valence-corrected chi connectivity index (χ1v) is 14.8. The van der Waals surface area contributed by atoms with Crippen molar-refractivity contribution in [3.63, 3.8) is 0 Å². The molecule has 0 aliphatic carbocycles. The first-order valence-electron chi connectivity index (χ1n) is 14.8. The number of aryl methyl sites for hydroxylation is 1. The Kier molecular flexibility index (Phi) is 8.52. The number of hydrogen-bond acceptors (Lipinski definition) is 12. The lowest BCUT2D eigenvalue weighted by atomic mass is 10.2. The minimum atomic E-state index is -0.482. The van der Waals surface area contributed by atoms with E-state index in [2.05, 4.69) is 25.8 Å². The summed E-state index contributed by atoms with van der Waals surface area (Å²) < 4.78 is 6.75. The molecular weight excluding hydrogens is 600 g/mol. The number of carbonyl (C=O) groups is 1. The Morgan fingerprint density at radius 1 is 1.13 bits per heavy atom. The number of methoxy groups -OCH3 is 1. The highest BCUT2D eigenvalue weighted by atomic mass is 16.5. The number of allylic oxidation sites excluding steroid dienone is 2. The number of benzene rings is 1. The van der Waals surface area contributed by atoms with Gasteiger partial charge in [-0.3, -0.25) is 9.69 Å². The fourth-order valence-corrected chi connectivity index (χ4v) is 5.47. The number of nitrogens with one attached hydrogen (secondary N) is 2. The highest BCUT2D eigenvalue weighted by molar-refractivity contribution is 5.94. The van der Waals surface area contributed by atoms with Crippen LogP contribution in [0.1, 0.15) is 28.2 Å². The highest BCUT2D eigenvalue weighted by Gasteiger charge is 2.30. The van der Waals surface area contributed by atoms with Gasteiger partial charge in [0, 0.05) is 39.5 Å². The van der Waals surface area contributed by atoms with Crippen LogP contribution < -0.4 is 25.2 Å². The van der Waals surface area contributed by atoms with Crippen LogP contribution in [0.15, 0.2) is 84.1 Å². The number of aromatic nitrogens is 5. The van der Waals surface area contributed by atoms with Crippen LogP contribution in [0.3, 0.4) is 0 Å². The molecule has 14 heteroatoms. The number of carbonyl (C=O) groups excluding carboxylic acids is 3. The van der Waals surface area contributed by atoms with Crippen LogP contribution in [0.25, 0.3) is 5.65 Å². The average Bonchev–Trinajstić information content (AvgIpc) is 3.67. The molecule has 1 amide bonds. The second-order valence-electron chi connectivity index (χ2n) is 11.1. The van der Waals surface area contributed by atoms with Crippen molar-refractivity contribution in [1.82, 2.24) is 35.0 Å². The molecular formula is C33H32N10O4. The van der Waals surface area contributed by atoms with Gasteiger partial charge in [0.15, 0.2) is 34.6 Å². The maximum Gasteiger partial charge on any atom is 0.272 e. The van der Waals surface area contributed by atoms with Crippen molar-refractivity contribution in [2.45, 2.75) is 25.9 Å². The summed E-state index contributed by atoms with van der Waals surface area (Å²) >= 11 is 0. The molecule has 238 valence electrons. The molecule has 3 aromatic heterocycles. The monoisotopic (exact) mass is 632 g/mol. The van der Waals surface area contributed by atoms with E-state index in [1.54, 1.807) is 60.5 Å². The van der Waals surface area contributed by atoms with E-state index in [0.29, 0.717) is 53.9 Å². The minimum Gasteiger partial charge on any atom is -0.497 e. The molecule has 0 unspecified atom stereocenters. The Morgan fingerprint density at radius 3 is 2.64 bits per heavy atom. The predicted octanol–water partition coefficient (Wildman–Crippen LogP) is 2.67. The zero-order valence-electron chi connectivity index (χ0n) is 26.3. The molecule has 0 saturated carbocycles. The van der Waals surface area contributed by atoms with Crippen molar-refractivity contribution >= 4 is 40.8 Å². The molecule has 2 aliphatic heterocycles. The Bertz CT molecular complexity index is 1990. The van der Waals surface area contributed by atoms with Gasteiger partial charge in [-0.2, -0.15) is 5.10 Å². The average molecular weight is 633 g/mol. The van der Waals surface area contributed by atoms with Gasteiger partial charge in [-0.15, -0.1) is 10.2 Å². The number of nitrogens with zero attached hydrogens (tertiary/aromatic N) is 8. The van der Waals surface area contributed by atoms with Gasteiger partial charge in [0.1, 0.15) is 17.4 Å². The van der Waals surface area contributed by atoms with Crippen LogP contribution in [0.5, 0.6) is 5.75 Å². The maximum atomic E-state index is 13.6. The van der Waals surface area contributed by atoms with Gasteiger partial charge in [-0.25, -0.2) is 19.1 Å². The van der Waals surface area contributed by atoms with E-state index < -0.39 is 11.9 Å². The molecule has 1 aromatic carbocycles. The molecule has 0 radical (unpaired) electrons. The first kappa shape index (κ1) is 30.8. The van der Waals surface area contributed by atoms with Gasteiger partial charge in [-0.1, -0.05) is 12.1 Å². The number of likely N-dealkylation sites (N-methyl/N-ethyl adjacent to an activating group) is 1. The number of anilines is 3. The van der Waals surface area contributed by atoms with Crippen LogP contribution in [0.4, 0.5) is 17.3 Å². The lowest BCUT2D eigenvalue weighted by Gasteiger charge is -2.25. The maximum absolute atomic E-state index is 13.6. The topological polar surface area (TPSA) is 150 Å². The van der Waals surface area contributed by atoms with Gasteiger partial charge in [0.05, 0.1) is 36.4 Å². The van der Waals surface area contributed by atoms with Gasteiger partial charge < -0.3 is 25.2 Å². The third kappa shape index (κ3) is 6.19. The quantitative estimate of drug-likeness (QED) is 0.261. The first-order chi connectivity index (χ1) is 22.8. The van der Waals surface area contributed by atoms with Crippen molar-refractivity contribution in [2.24, 2.45) is 0 Å². The largest absolute Gasteiger partial charge is 0.497 e. The fraction of sp³-hybridized carbons (Fsp3) is 0.242. The lowest BCUT2D eigenvalue weighted by Crippen LogP contribution is -2.36. The molecule has 4 aromatic rings. The Morgan fingerprint density at radius 2 is 1.94 bits per heavy atom. The predicted molar refractivity (Wildman–Crippen MR) is 175 cm³/mol. The SMILES string of the molecule is COc1ccc(CN(C)c2cc(NC3=CC=CN(c4ccc(C)nn4)C3=C=O)nn3c(C(=O)N[C@@H]4CCN(C)C4=C=O)cnc23)cc1. The third-order valence-corrected chi connectivity index (χ3v) is 7.96. The molecule has 5 heterocycles. The smallest absolute Gasteiger partial charge is 0.272 e. The van der Waals surface area contributed by atoms with Crippen LogP contribution in [0.2, 0.25) is 0 Å². The van der Waals surface area contributed by atoms with Gasteiger partial charge in [0.25, 0.3) is 5.91 Å². The number of rotatable bonds is 9. The third-order valence-electron chi connectivity index (χ3n) is 7.96. The molecule has 2 aliphatic rings. The van der Waals surface area contributed by atoms with E-state index in [-0.39, 0.29) is 11.4 Å². The van der Waals surface area contributed by atoms with E-state index in [9.17, 15) is 14.4 Å². The molecule has 2 N–H and O–H groups in total. The van der Waals surface area contributed by atoms with E-state index in [1.165, 1.54) is 10.7 Å². The van der Waals surface area contributed by atoms with Gasteiger partial charge >= 0.3 is 0 Å². The number of fused-ring (bicyclic) bond motifs is 1. The highest BCUT2D eigenvalue weighted by Crippen LogP contribution is 2.29. The van der Waals surface area contributed by atoms with E-state index in [0.717, 1.165) is 17.0 Å². The zero-order valence-corrected chi connectivity index (χ0v) is 26.3. The van der Waals surface area contributed by atoms with Gasteiger partial charge in [-0.05, 0) is 55.3 Å². The van der Waals surface area contributed by atoms with Crippen molar-refractivity contribution < 1.29 is 19.1 Å². The Labute approximate surface area is 270 Å². The lowest BCUT2D eigenvalue weighted by molar-refractivity contribution is 0.0936. The molecule has 1 saturated heterocycles. The summed E-state index contributed by atoms with van der Waals surface area (Å²) in [5.41, 5.74) is 3.98. The van der Waals surface area contributed by atoms with Crippen molar-refractivity contribution in [3.05, 3.63) is 101 Å². The number of ether oxygens (including phenoxy) is 1. The minimum absolute atomic E-state index is 0.169. The van der Waals surface area contributed by atoms with Crippen molar-refractivity contribution in [1.29, 1.82) is 0 Å². The summed E-state index contributed by atoms with van der Waals surface area (Å²) in [6.45, 7) is 2.95. The number of imidazole rings is 1. The summed E-state index contributed by atoms with van der Waals surface area (Å²) in [6.07, 6.45) is 7.19. The van der Waals surface area contributed by atoms with E-state index in [1.807, 2.05) is 55.0 Å². The Balaban J connectivity index is 1.37. The molecule has 1 fully saturated rings. The van der Waals surface area contributed by atoms with Crippen molar-refractivity contribution in [3.8, 4) is 5.75 Å². The Hall–Kier alpha value is -6.23. The summed E-state index contributed by atoms with van der Waals surface area (Å²) in [4.78, 5) is 47.3. The summed E-state index contributed by atoms with van der Waals surface area (Å²) in [5.74, 6) is 5.03. The van der Waals surface area contributed by atoms with Crippen LogP contribution in [-0.4, -0.2) is 81.3 Å². The fourth-order valence-electron chi connectivity index (χ4n) is 5.47. The molecule has 0 bridgehead atoms. The second kappa shape index (κ2) is 13.0. The molecule has 47 heavy (non-hydrogen) atoms. The van der Waals surface area contributed by atoms with E-state index in [4.69, 9.17) is 9.84 Å². The molecule has 0 spiro atoms. The van der Waals surface area contributed by atoms with Crippen LogP contribution in [-0.2, 0) is 16.1 Å². The second-order valence-corrected chi connectivity index (χ2v) is 11.1. The number of hydrogen-bond donors (Lipinski definition) is 2. The summed E-state index contributed by atoms with van der Waals surface area (Å²) in [6, 6.07) is 12.6. The van der Waals surface area contributed by atoms with E-state index >= 15 is 0 Å². The number of amides is 1. The number of likely N-dealkylation sites (tertiary alicyclic amines) is 1.